The molecule has 2 rings (SSSR count). The SMILES string of the molecule is Cc1nc2c(Br)ccc(Cl)n2n1. The van der Waals surface area contributed by atoms with E-state index in [9.17, 15) is 0 Å². The molecule has 0 fully saturated rings. The minimum absolute atomic E-state index is 0.564. The largest absolute Gasteiger partial charge is 0.211 e. The molecule has 12 heavy (non-hydrogen) atoms. The van der Waals surface area contributed by atoms with E-state index in [0.717, 1.165) is 10.1 Å². The van der Waals surface area contributed by atoms with Gasteiger partial charge in [0.05, 0.1) is 4.47 Å². The lowest BCUT2D eigenvalue weighted by molar-refractivity contribution is 0.930. The monoisotopic (exact) mass is 245 g/mol. The van der Waals surface area contributed by atoms with Gasteiger partial charge in [-0.15, -0.1) is 0 Å². The molecule has 0 spiro atoms. The Hall–Kier alpha value is -0.610. The van der Waals surface area contributed by atoms with Crippen LogP contribution < -0.4 is 0 Å². The van der Waals surface area contributed by atoms with Gasteiger partial charge in [0.25, 0.3) is 0 Å². The molecule has 0 aliphatic heterocycles. The first kappa shape index (κ1) is 8.01. The van der Waals surface area contributed by atoms with Crippen LogP contribution in [0.3, 0.4) is 0 Å². The lowest BCUT2D eigenvalue weighted by Crippen LogP contribution is -1.89. The zero-order valence-corrected chi connectivity index (χ0v) is 8.59. The van der Waals surface area contributed by atoms with Gasteiger partial charge in [-0.25, -0.2) is 9.50 Å². The molecule has 0 saturated heterocycles. The van der Waals surface area contributed by atoms with Gasteiger partial charge in [0, 0.05) is 0 Å². The summed E-state index contributed by atoms with van der Waals surface area (Å²) in [6.45, 7) is 1.83. The molecule has 0 atom stereocenters. The maximum Gasteiger partial charge on any atom is 0.171 e. The molecule has 3 nitrogen and oxygen atoms in total. The van der Waals surface area contributed by atoms with Gasteiger partial charge >= 0.3 is 0 Å². The Bertz CT molecular complexity index is 398. The zero-order chi connectivity index (χ0) is 8.72. The molecule has 0 unspecified atom stereocenters. The van der Waals surface area contributed by atoms with Crippen molar-refractivity contribution in [1.82, 2.24) is 14.6 Å². The molecule has 0 bridgehead atoms. The van der Waals surface area contributed by atoms with E-state index in [1.165, 1.54) is 0 Å². The molecular weight excluding hydrogens is 241 g/mol. The highest BCUT2D eigenvalue weighted by Crippen LogP contribution is 2.20. The molecule has 0 aliphatic carbocycles. The van der Waals surface area contributed by atoms with E-state index in [0.29, 0.717) is 11.0 Å². The van der Waals surface area contributed by atoms with Crippen molar-refractivity contribution in [3.63, 3.8) is 0 Å². The topological polar surface area (TPSA) is 30.2 Å². The maximum absolute atomic E-state index is 5.88. The third kappa shape index (κ3) is 1.11. The number of pyridine rings is 1. The quantitative estimate of drug-likeness (QED) is 0.669. The van der Waals surface area contributed by atoms with Crippen LogP contribution in [0.5, 0.6) is 0 Å². The molecule has 2 aromatic rings. The normalized spacial score (nSPS) is 10.9. The standard InChI is InChI=1S/C7H5BrClN3/c1-4-10-7-5(8)2-3-6(9)12(7)11-4/h2-3H,1H3. The summed E-state index contributed by atoms with van der Waals surface area (Å²) in [4.78, 5) is 4.19. The predicted molar refractivity (Wildman–Crippen MR) is 50.4 cm³/mol. The Morgan fingerprint density at radius 1 is 1.50 bits per heavy atom. The molecule has 2 heterocycles. The van der Waals surface area contributed by atoms with E-state index in [-0.39, 0.29) is 0 Å². The van der Waals surface area contributed by atoms with Crippen molar-refractivity contribution in [2.75, 3.05) is 0 Å². The smallest absolute Gasteiger partial charge is 0.171 e. The highest BCUT2D eigenvalue weighted by molar-refractivity contribution is 9.10. The lowest BCUT2D eigenvalue weighted by atomic mass is 10.5. The number of halogens is 2. The average Bonchev–Trinajstić information content (AvgIpc) is 2.41. The minimum Gasteiger partial charge on any atom is -0.211 e. The van der Waals surface area contributed by atoms with Crippen LogP contribution in [0.25, 0.3) is 5.65 Å². The molecule has 0 aliphatic rings. The number of fused-ring (bicyclic) bond motifs is 1. The van der Waals surface area contributed by atoms with Gasteiger partial charge in [0.1, 0.15) is 11.0 Å². The second-order valence-corrected chi connectivity index (χ2v) is 3.64. The van der Waals surface area contributed by atoms with E-state index >= 15 is 0 Å². The molecule has 0 radical (unpaired) electrons. The fourth-order valence-electron chi connectivity index (χ4n) is 1.01. The van der Waals surface area contributed by atoms with E-state index < -0.39 is 0 Å². The summed E-state index contributed by atoms with van der Waals surface area (Å²) in [6.07, 6.45) is 0. The van der Waals surface area contributed by atoms with Gasteiger partial charge in [-0.05, 0) is 35.0 Å². The first-order valence-electron chi connectivity index (χ1n) is 3.36. The van der Waals surface area contributed by atoms with Gasteiger partial charge in [0.2, 0.25) is 0 Å². The fraction of sp³-hybridized carbons (Fsp3) is 0.143. The highest BCUT2D eigenvalue weighted by Gasteiger charge is 2.05. The van der Waals surface area contributed by atoms with Crippen LogP contribution in [0.2, 0.25) is 5.15 Å². The molecular formula is C7H5BrClN3. The Balaban J connectivity index is 2.93. The van der Waals surface area contributed by atoms with Crippen LogP contribution >= 0.6 is 27.5 Å². The molecule has 62 valence electrons. The molecule has 0 saturated carbocycles. The van der Waals surface area contributed by atoms with E-state index in [1.807, 2.05) is 13.0 Å². The minimum atomic E-state index is 0.564. The van der Waals surface area contributed by atoms with Gasteiger partial charge in [-0.1, -0.05) is 11.6 Å². The van der Waals surface area contributed by atoms with Crippen molar-refractivity contribution in [2.45, 2.75) is 6.92 Å². The van der Waals surface area contributed by atoms with Crippen molar-refractivity contribution in [1.29, 1.82) is 0 Å². The average molecular weight is 246 g/mol. The van der Waals surface area contributed by atoms with Crippen LogP contribution in [0.15, 0.2) is 16.6 Å². The summed E-state index contributed by atoms with van der Waals surface area (Å²) in [5.74, 6) is 0.712. The molecule has 0 amide bonds. The summed E-state index contributed by atoms with van der Waals surface area (Å²) in [7, 11) is 0. The number of rotatable bonds is 0. The predicted octanol–water partition coefficient (Wildman–Crippen LogP) is 2.45. The third-order valence-corrected chi connectivity index (χ3v) is 2.40. The van der Waals surface area contributed by atoms with Crippen molar-refractivity contribution in [2.24, 2.45) is 0 Å². The van der Waals surface area contributed by atoms with Gasteiger partial charge < -0.3 is 0 Å². The van der Waals surface area contributed by atoms with Gasteiger partial charge in [-0.2, -0.15) is 5.10 Å². The molecule has 0 aromatic carbocycles. The fourth-order valence-corrected chi connectivity index (χ4v) is 1.58. The first-order valence-corrected chi connectivity index (χ1v) is 4.53. The highest BCUT2D eigenvalue weighted by atomic mass is 79.9. The summed E-state index contributed by atoms with van der Waals surface area (Å²) in [5, 5.41) is 4.68. The van der Waals surface area contributed by atoms with Crippen LogP contribution in [-0.4, -0.2) is 14.6 Å². The third-order valence-electron chi connectivity index (χ3n) is 1.50. The number of aromatic nitrogens is 3. The maximum atomic E-state index is 5.88. The Morgan fingerprint density at radius 3 is 2.92 bits per heavy atom. The second kappa shape index (κ2) is 2.71. The van der Waals surface area contributed by atoms with Crippen LogP contribution in [-0.2, 0) is 0 Å². The Labute approximate surface area is 82.5 Å². The Morgan fingerprint density at radius 2 is 2.25 bits per heavy atom. The van der Waals surface area contributed by atoms with E-state index in [2.05, 4.69) is 26.0 Å². The van der Waals surface area contributed by atoms with Crippen molar-refractivity contribution >= 4 is 33.2 Å². The first-order chi connectivity index (χ1) is 5.68. The molecule has 5 heteroatoms. The lowest BCUT2D eigenvalue weighted by Gasteiger charge is -1.95. The van der Waals surface area contributed by atoms with Crippen molar-refractivity contribution in [3.05, 3.63) is 27.6 Å². The summed E-state index contributed by atoms with van der Waals surface area (Å²) in [5.41, 5.74) is 0.750. The molecule has 0 N–H and O–H groups in total. The van der Waals surface area contributed by atoms with Crippen LogP contribution in [0.1, 0.15) is 5.82 Å². The van der Waals surface area contributed by atoms with E-state index in [1.54, 1.807) is 10.6 Å². The summed E-state index contributed by atoms with van der Waals surface area (Å²) >= 11 is 9.24. The summed E-state index contributed by atoms with van der Waals surface area (Å²) < 4.78 is 2.49. The van der Waals surface area contributed by atoms with Crippen molar-refractivity contribution < 1.29 is 0 Å². The molecule has 2 aromatic heterocycles. The summed E-state index contributed by atoms with van der Waals surface area (Å²) in [6, 6.07) is 3.62. The number of aryl methyl sites for hydroxylation is 1. The van der Waals surface area contributed by atoms with E-state index in [4.69, 9.17) is 11.6 Å². The zero-order valence-electron chi connectivity index (χ0n) is 6.25. The number of hydrogen-bond donors (Lipinski definition) is 0. The van der Waals surface area contributed by atoms with Gasteiger partial charge in [0.15, 0.2) is 5.65 Å². The van der Waals surface area contributed by atoms with Crippen LogP contribution in [0, 0.1) is 6.92 Å². The van der Waals surface area contributed by atoms with Crippen molar-refractivity contribution in [3.8, 4) is 0 Å². The van der Waals surface area contributed by atoms with Gasteiger partial charge in [-0.3, -0.25) is 0 Å². The Kier molecular flexibility index (Phi) is 1.81. The van der Waals surface area contributed by atoms with Crippen LogP contribution in [0.4, 0.5) is 0 Å². The number of hydrogen-bond acceptors (Lipinski definition) is 2. The number of nitrogens with zero attached hydrogens (tertiary/aromatic N) is 3. The second-order valence-electron chi connectivity index (χ2n) is 2.40.